The second kappa shape index (κ2) is 5.68. The van der Waals surface area contributed by atoms with Gasteiger partial charge in [-0.25, -0.2) is 0 Å². The molecule has 1 unspecified atom stereocenters. The highest BCUT2D eigenvalue weighted by atomic mass is 16.5. The third-order valence-electron chi connectivity index (χ3n) is 2.50. The second-order valence-corrected chi connectivity index (χ2v) is 3.58. The molecule has 15 heavy (non-hydrogen) atoms. The SMILES string of the molecule is COCC(C)N(C)c1ccncc1CO. The number of nitrogens with zero attached hydrogens (tertiary/aromatic N) is 2. The first kappa shape index (κ1) is 11.9. The van der Waals surface area contributed by atoms with Crippen LogP contribution in [0.1, 0.15) is 12.5 Å². The lowest BCUT2D eigenvalue weighted by Crippen LogP contribution is -2.33. The zero-order chi connectivity index (χ0) is 11.3. The Hall–Kier alpha value is -1.13. The van der Waals surface area contributed by atoms with Crippen LogP contribution in [0.3, 0.4) is 0 Å². The van der Waals surface area contributed by atoms with Gasteiger partial charge in [0.1, 0.15) is 0 Å². The fourth-order valence-corrected chi connectivity index (χ4v) is 1.48. The van der Waals surface area contributed by atoms with Crippen LogP contribution in [0.15, 0.2) is 18.5 Å². The largest absolute Gasteiger partial charge is 0.392 e. The molecule has 0 aliphatic rings. The van der Waals surface area contributed by atoms with Crippen LogP contribution in [0.25, 0.3) is 0 Å². The monoisotopic (exact) mass is 210 g/mol. The van der Waals surface area contributed by atoms with Crippen LogP contribution in [0.4, 0.5) is 5.69 Å². The van der Waals surface area contributed by atoms with E-state index in [-0.39, 0.29) is 12.6 Å². The first-order valence-corrected chi connectivity index (χ1v) is 4.96. The molecule has 0 amide bonds. The summed E-state index contributed by atoms with van der Waals surface area (Å²) in [5.74, 6) is 0. The lowest BCUT2D eigenvalue weighted by Gasteiger charge is -2.27. The van der Waals surface area contributed by atoms with Crippen molar-refractivity contribution >= 4 is 5.69 Å². The van der Waals surface area contributed by atoms with Crippen molar-refractivity contribution in [3.05, 3.63) is 24.0 Å². The minimum absolute atomic E-state index is 0.00716. The molecule has 0 fully saturated rings. The molecule has 0 saturated carbocycles. The zero-order valence-corrected chi connectivity index (χ0v) is 9.47. The number of pyridine rings is 1. The third-order valence-corrected chi connectivity index (χ3v) is 2.50. The van der Waals surface area contributed by atoms with Crippen molar-refractivity contribution in [1.82, 2.24) is 4.98 Å². The smallest absolute Gasteiger partial charge is 0.0717 e. The molecule has 0 aliphatic heterocycles. The zero-order valence-electron chi connectivity index (χ0n) is 9.47. The van der Waals surface area contributed by atoms with Crippen LogP contribution in [-0.2, 0) is 11.3 Å². The Morgan fingerprint density at radius 1 is 1.60 bits per heavy atom. The van der Waals surface area contributed by atoms with E-state index in [2.05, 4.69) is 16.8 Å². The highest BCUT2D eigenvalue weighted by molar-refractivity contribution is 5.52. The van der Waals surface area contributed by atoms with E-state index in [1.54, 1.807) is 19.5 Å². The lowest BCUT2D eigenvalue weighted by atomic mass is 10.2. The van der Waals surface area contributed by atoms with Gasteiger partial charge in [-0.05, 0) is 13.0 Å². The first-order chi connectivity index (χ1) is 7.20. The summed E-state index contributed by atoms with van der Waals surface area (Å²) in [6.07, 6.45) is 3.41. The maximum absolute atomic E-state index is 9.18. The van der Waals surface area contributed by atoms with Gasteiger partial charge in [-0.3, -0.25) is 4.98 Å². The molecule has 0 aromatic carbocycles. The molecular formula is C11H18N2O2. The summed E-state index contributed by atoms with van der Waals surface area (Å²) in [7, 11) is 3.67. The summed E-state index contributed by atoms with van der Waals surface area (Å²) in [4.78, 5) is 6.07. The van der Waals surface area contributed by atoms with Gasteiger partial charge < -0.3 is 14.7 Å². The molecule has 1 N–H and O–H groups in total. The Morgan fingerprint density at radius 3 is 2.93 bits per heavy atom. The Morgan fingerprint density at radius 2 is 2.33 bits per heavy atom. The summed E-state index contributed by atoms with van der Waals surface area (Å²) in [5, 5.41) is 9.18. The highest BCUT2D eigenvalue weighted by Gasteiger charge is 2.12. The topological polar surface area (TPSA) is 45.6 Å². The number of methoxy groups -OCH3 is 1. The quantitative estimate of drug-likeness (QED) is 0.789. The van der Waals surface area contributed by atoms with Gasteiger partial charge in [0.2, 0.25) is 0 Å². The van der Waals surface area contributed by atoms with Gasteiger partial charge >= 0.3 is 0 Å². The molecule has 1 rings (SSSR count). The van der Waals surface area contributed by atoms with Gasteiger partial charge in [-0.1, -0.05) is 0 Å². The van der Waals surface area contributed by atoms with Crippen LogP contribution in [0, 0.1) is 0 Å². The maximum atomic E-state index is 9.18. The molecule has 84 valence electrons. The molecule has 4 nitrogen and oxygen atoms in total. The van der Waals surface area contributed by atoms with Crippen LogP contribution in [0.2, 0.25) is 0 Å². The molecule has 0 spiro atoms. The Balaban J connectivity index is 2.84. The van der Waals surface area contributed by atoms with Crippen LogP contribution >= 0.6 is 0 Å². The molecule has 1 heterocycles. The Bertz CT molecular complexity index is 304. The van der Waals surface area contributed by atoms with E-state index in [1.807, 2.05) is 13.1 Å². The van der Waals surface area contributed by atoms with Gasteiger partial charge in [-0.15, -0.1) is 0 Å². The normalized spacial score (nSPS) is 12.5. The van der Waals surface area contributed by atoms with Gasteiger partial charge in [0, 0.05) is 43.8 Å². The number of hydrogen-bond acceptors (Lipinski definition) is 4. The van der Waals surface area contributed by atoms with Crippen LogP contribution in [-0.4, -0.2) is 36.9 Å². The van der Waals surface area contributed by atoms with E-state index in [0.29, 0.717) is 6.61 Å². The van der Waals surface area contributed by atoms with Crippen molar-refractivity contribution in [3.8, 4) is 0 Å². The summed E-state index contributed by atoms with van der Waals surface area (Å²) in [6.45, 7) is 2.74. The van der Waals surface area contributed by atoms with Crippen LogP contribution < -0.4 is 4.90 Å². The number of hydrogen-bond donors (Lipinski definition) is 1. The standard InChI is InChI=1S/C11H18N2O2/c1-9(8-15-3)13(2)11-4-5-12-6-10(11)7-14/h4-6,9,14H,7-8H2,1-3H3. The van der Waals surface area contributed by atoms with E-state index in [0.717, 1.165) is 11.3 Å². The average Bonchev–Trinajstić information content (AvgIpc) is 2.28. The van der Waals surface area contributed by atoms with E-state index in [4.69, 9.17) is 4.74 Å². The number of rotatable bonds is 5. The molecule has 1 aromatic rings. The molecule has 4 heteroatoms. The van der Waals surface area contributed by atoms with E-state index in [9.17, 15) is 5.11 Å². The predicted molar refractivity (Wildman–Crippen MR) is 59.9 cm³/mol. The van der Waals surface area contributed by atoms with Crippen LogP contribution in [0.5, 0.6) is 0 Å². The van der Waals surface area contributed by atoms with E-state index >= 15 is 0 Å². The number of anilines is 1. The molecule has 0 saturated heterocycles. The Labute approximate surface area is 90.5 Å². The number of aliphatic hydroxyl groups is 1. The fourth-order valence-electron chi connectivity index (χ4n) is 1.48. The first-order valence-electron chi connectivity index (χ1n) is 4.96. The van der Waals surface area contributed by atoms with Crippen molar-refractivity contribution in [3.63, 3.8) is 0 Å². The summed E-state index contributed by atoms with van der Waals surface area (Å²) in [6, 6.07) is 2.17. The van der Waals surface area contributed by atoms with Gasteiger partial charge in [-0.2, -0.15) is 0 Å². The predicted octanol–water partition coefficient (Wildman–Crippen LogP) is 1.05. The third kappa shape index (κ3) is 2.91. The van der Waals surface area contributed by atoms with Gasteiger partial charge in [0.15, 0.2) is 0 Å². The molecule has 1 aromatic heterocycles. The number of likely N-dealkylation sites (N-methyl/N-ethyl adjacent to an activating group) is 1. The van der Waals surface area contributed by atoms with E-state index in [1.165, 1.54) is 0 Å². The molecule has 0 aliphatic carbocycles. The maximum Gasteiger partial charge on any atom is 0.0717 e. The lowest BCUT2D eigenvalue weighted by molar-refractivity contribution is 0.183. The number of ether oxygens (including phenoxy) is 1. The van der Waals surface area contributed by atoms with Crippen molar-refractivity contribution in [1.29, 1.82) is 0 Å². The minimum Gasteiger partial charge on any atom is -0.392 e. The van der Waals surface area contributed by atoms with Crippen molar-refractivity contribution in [2.45, 2.75) is 19.6 Å². The van der Waals surface area contributed by atoms with Gasteiger partial charge in [0.05, 0.1) is 13.2 Å². The Kier molecular flexibility index (Phi) is 4.52. The molecular weight excluding hydrogens is 192 g/mol. The molecule has 1 atom stereocenters. The van der Waals surface area contributed by atoms with Crippen molar-refractivity contribution < 1.29 is 9.84 Å². The summed E-state index contributed by atoms with van der Waals surface area (Å²) in [5.41, 5.74) is 1.83. The fraction of sp³-hybridized carbons (Fsp3) is 0.545. The summed E-state index contributed by atoms with van der Waals surface area (Å²) < 4.78 is 5.10. The molecule has 0 radical (unpaired) electrons. The summed E-state index contributed by atoms with van der Waals surface area (Å²) >= 11 is 0. The van der Waals surface area contributed by atoms with Gasteiger partial charge in [0.25, 0.3) is 0 Å². The van der Waals surface area contributed by atoms with Crippen molar-refractivity contribution in [2.24, 2.45) is 0 Å². The average molecular weight is 210 g/mol. The van der Waals surface area contributed by atoms with E-state index < -0.39 is 0 Å². The number of aromatic nitrogens is 1. The second-order valence-electron chi connectivity index (χ2n) is 3.58. The van der Waals surface area contributed by atoms with Crippen molar-refractivity contribution in [2.75, 3.05) is 25.7 Å². The molecule has 0 bridgehead atoms. The number of aliphatic hydroxyl groups excluding tert-OH is 1. The highest BCUT2D eigenvalue weighted by Crippen LogP contribution is 2.19. The minimum atomic E-state index is 0.00716.